The summed E-state index contributed by atoms with van der Waals surface area (Å²) in [6, 6.07) is 16.0. The highest BCUT2D eigenvalue weighted by Gasteiger charge is 2.23. The van der Waals surface area contributed by atoms with Crippen LogP contribution >= 0.6 is 0 Å². The van der Waals surface area contributed by atoms with Crippen molar-refractivity contribution in [2.75, 3.05) is 31.1 Å². The molecular weight excluding hydrogens is 420 g/mol. The maximum absolute atomic E-state index is 13.0. The molecular formula is C24H22N6O3. The highest BCUT2D eigenvalue weighted by Crippen LogP contribution is 2.15. The first-order valence-corrected chi connectivity index (χ1v) is 10.7. The van der Waals surface area contributed by atoms with Crippen molar-refractivity contribution < 1.29 is 4.79 Å². The number of nitrogens with zero attached hydrogens (tertiary/aromatic N) is 5. The van der Waals surface area contributed by atoms with E-state index in [2.05, 4.69) is 19.9 Å². The van der Waals surface area contributed by atoms with Crippen molar-refractivity contribution in [3.8, 4) is 0 Å². The number of piperazine rings is 1. The number of carbonyl (C=O) groups is 1. The van der Waals surface area contributed by atoms with E-state index in [4.69, 9.17) is 0 Å². The molecule has 2 aromatic heterocycles. The zero-order valence-corrected chi connectivity index (χ0v) is 17.8. The summed E-state index contributed by atoms with van der Waals surface area (Å²) in [5, 5.41) is 0.462. The second kappa shape index (κ2) is 8.70. The van der Waals surface area contributed by atoms with Gasteiger partial charge >= 0.3 is 5.69 Å². The van der Waals surface area contributed by atoms with E-state index < -0.39 is 11.2 Å². The van der Waals surface area contributed by atoms with Gasteiger partial charge in [-0.25, -0.2) is 14.8 Å². The number of para-hydroxylation sites is 1. The molecule has 0 radical (unpaired) electrons. The van der Waals surface area contributed by atoms with Crippen LogP contribution in [0.15, 0.2) is 76.6 Å². The predicted molar refractivity (Wildman–Crippen MR) is 125 cm³/mol. The van der Waals surface area contributed by atoms with Gasteiger partial charge in [-0.05, 0) is 35.9 Å². The summed E-state index contributed by atoms with van der Waals surface area (Å²) in [5.41, 5.74) is 1.18. The molecule has 1 saturated heterocycles. The SMILES string of the molecule is O=C(c1ccc(Cn2c(=O)[nH]c(=O)c3ccccc32)cc1)N1CCN(c2ncccn2)CC1. The third-order valence-corrected chi connectivity index (χ3v) is 5.85. The fourth-order valence-electron chi connectivity index (χ4n) is 4.08. The predicted octanol–water partition coefficient (Wildman–Crippen LogP) is 1.49. The van der Waals surface area contributed by atoms with E-state index in [1.807, 2.05) is 17.0 Å². The Morgan fingerprint density at radius 2 is 1.58 bits per heavy atom. The molecule has 1 N–H and O–H groups in total. The summed E-state index contributed by atoms with van der Waals surface area (Å²) >= 11 is 0. The van der Waals surface area contributed by atoms with Crippen molar-refractivity contribution in [3.05, 3.63) is 99.0 Å². The Morgan fingerprint density at radius 1 is 0.879 bits per heavy atom. The lowest BCUT2D eigenvalue weighted by molar-refractivity contribution is 0.0746. The number of aromatic nitrogens is 4. The number of carbonyl (C=O) groups excluding carboxylic acids is 1. The second-order valence-corrected chi connectivity index (χ2v) is 7.89. The van der Waals surface area contributed by atoms with Gasteiger partial charge in [-0.2, -0.15) is 0 Å². The molecule has 0 saturated carbocycles. The summed E-state index contributed by atoms with van der Waals surface area (Å²) in [5.74, 6) is 0.654. The van der Waals surface area contributed by atoms with Gasteiger partial charge in [0.25, 0.3) is 11.5 Å². The number of fused-ring (bicyclic) bond motifs is 1. The molecule has 1 aliphatic heterocycles. The van der Waals surface area contributed by atoms with E-state index in [9.17, 15) is 14.4 Å². The molecule has 0 bridgehead atoms. The fourth-order valence-corrected chi connectivity index (χ4v) is 4.08. The minimum absolute atomic E-state index is 0.0261. The van der Waals surface area contributed by atoms with Crippen molar-refractivity contribution in [3.63, 3.8) is 0 Å². The summed E-state index contributed by atoms with van der Waals surface area (Å²) < 4.78 is 1.53. The number of benzene rings is 2. The molecule has 166 valence electrons. The van der Waals surface area contributed by atoms with Gasteiger partial charge in [0.05, 0.1) is 17.4 Å². The maximum atomic E-state index is 13.0. The Morgan fingerprint density at radius 3 is 2.30 bits per heavy atom. The highest BCUT2D eigenvalue weighted by molar-refractivity contribution is 5.94. The van der Waals surface area contributed by atoms with E-state index in [1.54, 1.807) is 54.9 Å². The van der Waals surface area contributed by atoms with Gasteiger partial charge in [0.1, 0.15) is 0 Å². The third kappa shape index (κ3) is 4.12. The molecule has 3 heterocycles. The third-order valence-electron chi connectivity index (χ3n) is 5.85. The summed E-state index contributed by atoms with van der Waals surface area (Å²) in [4.78, 5) is 52.2. The van der Waals surface area contributed by atoms with Crippen LogP contribution in [0.3, 0.4) is 0 Å². The Balaban J connectivity index is 1.29. The molecule has 1 amide bonds. The smallest absolute Gasteiger partial charge is 0.329 e. The standard InChI is InChI=1S/C24H22N6O3/c31-21-19-4-1-2-5-20(19)30(24(33)27-21)16-17-6-8-18(9-7-17)22(32)28-12-14-29(15-13-28)23-25-10-3-11-26-23/h1-11H,12-16H2,(H,27,31,33). The van der Waals surface area contributed by atoms with Gasteiger partial charge in [-0.15, -0.1) is 0 Å². The monoisotopic (exact) mass is 442 g/mol. The van der Waals surface area contributed by atoms with Crippen LogP contribution in [0.5, 0.6) is 0 Å². The van der Waals surface area contributed by atoms with Crippen molar-refractivity contribution in [1.82, 2.24) is 24.4 Å². The first-order valence-electron chi connectivity index (χ1n) is 10.7. The van der Waals surface area contributed by atoms with E-state index in [-0.39, 0.29) is 5.91 Å². The van der Waals surface area contributed by atoms with Crippen LogP contribution in [-0.4, -0.2) is 56.5 Å². The van der Waals surface area contributed by atoms with Crippen LogP contribution in [0.25, 0.3) is 10.9 Å². The molecule has 1 fully saturated rings. The van der Waals surface area contributed by atoms with Crippen LogP contribution in [-0.2, 0) is 6.54 Å². The van der Waals surface area contributed by atoms with Gasteiger partial charge in [0, 0.05) is 44.1 Å². The highest BCUT2D eigenvalue weighted by atomic mass is 16.2. The molecule has 1 aliphatic rings. The first kappa shape index (κ1) is 20.6. The molecule has 0 unspecified atom stereocenters. The van der Waals surface area contributed by atoms with Crippen molar-refractivity contribution in [2.45, 2.75) is 6.54 Å². The Kier molecular flexibility index (Phi) is 5.43. The molecule has 5 rings (SSSR count). The molecule has 9 nitrogen and oxygen atoms in total. The number of aromatic amines is 1. The van der Waals surface area contributed by atoms with Crippen LogP contribution in [0.2, 0.25) is 0 Å². The molecule has 0 spiro atoms. The topological polar surface area (TPSA) is 104 Å². The lowest BCUT2D eigenvalue weighted by atomic mass is 10.1. The number of hydrogen-bond donors (Lipinski definition) is 1. The van der Waals surface area contributed by atoms with Crippen molar-refractivity contribution >= 4 is 22.8 Å². The summed E-state index contributed by atoms with van der Waals surface area (Å²) in [7, 11) is 0. The Hall–Kier alpha value is -4.27. The number of nitrogens with one attached hydrogen (secondary N) is 1. The molecule has 9 heteroatoms. The minimum atomic E-state index is -0.459. The average molecular weight is 442 g/mol. The normalized spacial score (nSPS) is 13.9. The second-order valence-electron chi connectivity index (χ2n) is 7.89. The van der Waals surface area contributed by atoms with Gasteiger partial charge < -0.3 is 9.80 Å². The van der Waals surface area contributed by atoms with Crippen LogP contribution in [0.1, 0.15) is 15.9 Å². The van der Waals surface area contributed by atoms with E-state index in [0.717, 1.165) is 5.56 Å². The van der Waals surface area contributed by atoms with Crippen molar-refractivity contribution in [2.24, 2.45) is 0 Å². The number of amides is 1. The van der Waals surface area contributed by atoms with Gasteiger partial charge in [0.15, 0.2) is 0 Å². The van der Waals surface area contributed by atoms with Crippen LogP contribution < -0.4 is 16.1 Å². The zero-order chi connectivity index (χ0) is 22.8. The Labute approximate surface area is 189 Å². The largest absolute Gasteiger partial charge is 0.337 e. The van der Waals surface area contributed by atoms with Crippen molar-refractivity contribution in [1.29, 1.82) is 0 Å². The maximum Gasteiger partial charge on any atom is 0.329 e. The van der Waals surface area contributed by atoms with Crippen LogP contribution in [0, 0.1) is 0 Å². The van der Waals surface area contributed by atoms with Crippen LogP contribution in [0.4, 0.5) is 5.95 Å². The minimum Gasteiger partial charge on any atom is -0.337 e. The van der Waals surface area contributed by atoms with E-state index in [0.29, 0.717) is 55.1 Å². The molecule has 4 aromatic rings. The quantitative estimate of drug-likeness (QED) is 0.514. The summed E-state index contributed by atoms with van der Waals surface area (Å²) in [6.45, 7) is 2.83. The first-order chi connectivity index (χ1) is 16.1. The van der Waals surface area contributed by atoms with Gasteiger partial charge in [-0.3, -0.25) is 19.1 Å². The van der Waals surface area contributed by atoms with Gasteiger partial charge in [-0.1, -0.05) is 24.3 Å². The molecule has 33 heavy (non-hydrogen) atoms. The molecule has 2 aromatic carbocycles. The lowest BCUT2D eigenvalue weighted by Gasteiger charge is -2.34. The number of rotatable bonds is 4. The van der Waals surface area contributed by atoms with Gasteiger partial charge in [0.2, 0.25) is 5.95 Å². The number of hydrogen-bond acceptors (Lipinski definition) is 6. The van der Waals surface area contributed by atoms with E-state index >= 15 is 0 Å². The fraction of sp³-hybridized carbons (Fsp3) is 0.208. The number of anilines is 1. The zero-order valence-electron chi connectivity index (χ0n) is 17.8. The molecule has 0 atom stereocenters. The lowest BCUT2D eigenvalue weighted by Crippen LogP contribution is -2.49. The number of H-pyrrole nitrogens is 1. The van der Waals surface area contributed by atoms with E-state index in [1.165, 1.54) is 4.57 Å². The summed E-state index contributed by atoms with van der Waals surface area (Å²) in [6.07, 6.45) is 3.43. The molecule has 0 aliphatic carbocycles. The Bertz CT molecular complexity index is 1400. The average Bonchev–Trinajstić information content (AvgIpc) is 2.87.